The van der Waals surface area contributed by atoms with E-state index in [1.165, 1.54) is 0 Å². The Morgan fingerprint density at radius 1 is 1.38 bits per heavy atom. The summed E-state index contributed by atoms with van der Waals surface area (Å²) in [5.41, 5.74) is 2.13. The maximum Gasteiger partial charge on any atom is 0.269 e. The molecule has 21 heavy (non-hydrogen) atoms. The number of rotatable bonds is 4. The van der Waals surface area contributed by atoms with Gasteiger partial charge in [-0.15, -0.1) is 0 Å². The predicted octanol–water partition coefficient (Wildman–Crippen LogP) is 1.99. The number of amides is 1. The Hall–Kier alpha value is -1.95. The molecule has 0 saturated heterocycles. The van der Waals surface area contributed by atoms with Gasteiger partial charge in [-0.1, -0.05) is 6.07 Å². The van der Waals surface area contributed by atoms with E-state index in [4.69, 9.17) is 0 Å². The zero-order valence-electron chi connectivity index (χ0n) is 12.7. The molecule has 0 fully saturated rings. The molecule has 1 aromatic rings. The summed E-state index contributed by atoms with van der Waals surface area (Å²) in [5, 5.41) is 11.0. The predicted molar refractivity (Wildman–Crippen MR) is 80.1 cm³/mol. The average Bonchev–Trinajstić information content (AvgIpc) is 2.44. The highest BCUT2D eigenvalue weighted by atomic mass is 16.6. The number of likely N-dealkylation sites (N-methyl/N-ethyl adjacent to an activating group) is 2. The Kier molecular flexibility index (Phi) is 4.57. The first-order valence-corrected chi connectivity index (χ1v) is 7.07. The van der Waals surface area contributed by atoms with Gasteiger partial charge in [-0.2, -0.15) is 0 Å². The van der Waals surface area contributed by atoms with Crippen LogP contribution in [0.25, 0.3) is 0 Å². The molecule has 0 radical (unpaired) electrons. The third-order valence-electron chi connectivity index (χ3n) is 3.94. The van der Waals surface area contributed by atoms with Gasteiger partial charge in [0.15, 0.2) is 0 Å². The summed E-state index contributed by atoms with van der Waals surface area (Å²) in [7, 11) is 5.49. The molecular formula is C15H21N3O3. The van der Waals surface area contributed by atoms with E-state index in [2.05, 4.69) is 0 Å². The smallest absolute Gasteiger partial charge is 0.269 e. The summed E-state index contributed by atoms with van der Waals surface area (Å²) >= 11 is 0. The molecule has 0 spiro atoms. The highest BCUT2D eigenvalue weighted by Crippen LogP contribution is 2.35. The van der Waals surface area contributed by atoms with Gasteiger partial charge in [0.25, 0.3) is 5.69 Å². The normalized spacial score (nSPS) is 17.4. The monoisotopic (exact) mass is 291 g/mol. The van der Waals surface area contributed by atoms with Crippen molar-refractivity contribution in [2.75, 3.05) is 27.7 Å². The van der Waals surface area contributed by atoms with Crippen molar-refractivity contribution in [1.82, 2.24) is 9.80 Å². The van der Waals surface area contributed by atoms with Crippen LogP contribution in [0.15, 0.2) is 18.2 Å². The third-order valence-corrected chi connectivity index (χ3v) is 3.94. The number of carbonyl (C=O) groups excluding carboxylic acids is 1. The number of non-ortho nitro benzene ring substituents is 1. The van der Waals surface area contributed by atoms with Crippen molar-refractivity contribution in [2.45, 2.75) is 25.3 Å². The van der Waals surface area contributed by atoms with E-state index < -0.39 is 0 Å². The standard InChI is InChI=1S/C15H21N3O3/c1-16(2)10-15(19)17(3)14-6-4-5-11-7-8-12(18(20)21)9-13(11)14/h7-9,14H,4-6,10H2,1-3H3. The number of aryl methyl sites for hydroxylation is 1. The fourth-order valence-electron chi connectivity index (χ4n) is 2.83. The minimum atomic E-state index is -0.381. The lowest BCUT2D eigenvalue weighted by Gasteiger charge is -2.33. The van der Waals surface area contributed by atoms with Gasteiger partial charge in [-0.25, -0.2) is 0 Å². The van der Waals surface area contributed by atoms with Crippen molar-refractivity contribution in [3.63, 3.8) is 0 Å². The van der Waals surface area contributed by atoms with E-state index in [0.29, 0.717) is 6.54 Å². The van der Waals surface area contributed by atoms with Crippen molar-refractivity contribution in [3.05, 3.63) is 39.4 Å². The second kappa shape index (κ2) is 6.22. The molecule has 0 heterocycles. The lowest BCUT2D eigenvalue weighted by Crippen LogP contribution is -2.38. The summed E-state index contributed by atoms with van der Waals surface area (Å²) in [6, 6.07) is 4.92. The third kappa shape index (κ3) is 3.39. The van der Waals surface area contributed by atoms with Crippen LogP contribution in [-0.4, -0.2) is 48.3 Å². The summed E-state index contributed by atoms with van der Waals surface area (Å²) in [5.74, 6) is 0.0318. The Bertz CT molecular complexity index is 557. The molecular weight excluding hydrogens is 270 g/mol. The zero-order chi connectivity index (χ0) is 15.6. The zero-order valence-corrected chi connectivity index (χ0v) is 12.7. The van der Waals surface area contributed by atoms with Gasteiger partial charge in [0, 0.05) is 19.2 Å². The van der Waals surface area contributed by atoms with E-state index in [-0.39, 0.29) is 22.6 Å². The van der Waals surface area contributed by atoms with E-state index in [1.54, 1.807) is 24.1 Å². The molecule has 1 aliphatic carbocycles. The fraction of sp³-hybridized carbons (Fsp3) is 0.533. The van der Waals surface area contributed by atoms with E-state index in [0.717, 1.165) is 30.4 Å². The van der Waals surface area contributed by atoms with E-state index in [9.17, 15) is 14.9 Å². The van der Waals surface area contributed by atoms with Gasteiger partial charge in [-0.05, 0) is 44.5 Å². The van der Waals surface area contributed by atoms with Crippen LogP contribution in [-0.2, 0) is 11.2 Å². The Labute approximate surface area is 124 Å². The number of benzene rings is 1. The summed E-state index contributed by atoms with van der Waals surface area (Å²) in [4.78, 5) is 26.4. The molecule has 0 saturated carbocycles. The molecule has 1 unspecified atom stereocenters. The summed E-state index contributed by atoms with van der Waals surface area (Å²) < 4.78 is 0. The first kappa shape index (κ1) is 15.4. The largest absolute Gasteiger partial charge is 0.338 e. The molecule has 1 aromatic carbocycles. The molecule has 0 aliphatic heterocycles. The van der Waals surface area contributed by atoms with E-state index in [1.807, 2.05) is 25.1 Å². The molecule has 1 atom stereocenters. The highest BCUT2D eigenvalue weighted by Gasteiger charge is 2.28. The molecule has 0 aromatic heterocycles. The number of nitrogens with zero attached hydrogens (tertiary/aromatic N) is 3. The minimum absolute atomic E-state index is 0.0318. The van der Waals surface area contributed by atoms with Crippen molar-refractivity contribution < 1.29 is 9.72 Å². The average molecular weight is 291 g/mol. The number of nitro groups is 1. The highest BCUT2D eigenvalue weighted by molar-refractivity contribution is 5.78. The lowest BCUT2D eigenvalue weighted by atomic mass is 9.86. The number of hydrogen-bond acceptors (Lipinski definition) is 4. The first-order chi connectivity index (χ1) is 9.90. The molecule has 1 aliphatic rings. The van der Waals surface area contributed by atoms with Crippen LogP contribution in [0, 0.1) is 10.1 Å². The Morgan fingerprint density at radius 3 is 2.71 bits per heavy atom. The Morgan fingerprint density at radius 2 is 2.10 bits per heavy atom. The summed E-state index contributed by atoms with van der Waals surface area (Å²) in [6.07, 6.45) is 2.76. The maximum atomic E-state index is 12.2. The van der Waals surface area contributed by atoms with Crippen LogP contribution in [0.5, 0.6) is 0 Å². The quantitative estimate of drug-likeness (QED) is 0.628. The van der Waals surface area contributed by atoms with Crippen LogP contribution >= 0.6 is 0 Å². The number of carbonyl (C=O) groups is 1. The van der Waals surface area contributed by atoms with Gasteiger partial charge in [0.05, 0.1) is 17.5 Å². The number of nitro benzene ring substituents is 1. The van der Waals surface area contributed by atoms with E-state index >= 15 is 0 Å². The van der Waals surface area contributed by atoms with Crippen LogP contribution < -0.4 is 0 Å². The lowest BCUT2D eigenvalue weighted by molar-refractivity contribution is -0.385. The molecule has 1 amide bonds. The maximum absolute atomic E-state index is 12.2. The van der Waals surface area contributed by atoms with Gasteiger partial charge < -0.3 is 9.80 Å². The van der Waals surface area contributed by atoms with Crippen LogP contribution in [0.1, 0.15) is 30.0 Å². The molecule has 0 N–H and O–H groups in total. The molecule has 2 rings (SSSR count). The van der Waals surface area contributed by atoms with Crippen molar-refractivity contribution >= 4 is 11.6 Å². The Balaban J connectivity index is 2.30. The van der Waals surface area contributed by atoms with Gasteiger partial charge in [-0.3, -0.25) is 14.9 Å². The summed E-state index contributed by atoms with van der Waals surface area (Å²) in [6.45, 7) is 0.345. The van der Waals surface area contributed by atoms with Crippen molar-refractivity contribution in [1.29, 1.82) is 0 Å². The number of fused-ring (bicyclic) bond motifs is 1. The molecule has 6 nitrogen and oxygen atoms in total. The topological polar surface area (TPSA) is 66.7 Å². The SMILES string of the molecule is CN(C)CC(=O)N(C)C1CCCc2ccc([N+](=O)[O-])cc21. The van der Waals surface area contributed by atoms with Crippen LogP contribution in [0.4, 0.5) is 5.69 Å². The van der Waals surface area contributed by atoms with Gasteiger partial charge >= 0.3 is 0 Å². The fourth-order valence-corrected chi connectivity index (χ4v) is 2.83. The second-order valence-electron chi connectivity index (χ2n) is 5.79. The second-order valence-corrected chi connectivity index (χ2v) is 5.79. The first-order valence-electron chi connectivity index (χ1n) is 7.07. The van der Waals surface area contributed by atoms with Gasteiger partial charge in [0.2, 0.25) is 5.91 Å². The molecule has 6 heteroatoms. The van der Waals surface area contributed by atoms with Gasteiger partial charge in [0.1, 0.15) is 0 Å². The van der Waals surface area contributed by atoms with Crippen LogP contribution in [0.2, 0.25) is 0 Å². The number of hydrogen-bond donors (Lipinski definition) is 0. The molecule has 114 valence electrons. The van der Waals surface area contributed by atoms with Crippen molar-refractivity contribution in [2.24, 2.45) is 0 Å². The van der Waals surface area contributed by atoms with Crippen LogP contribution in [0.3, 0.4) is 0 Å². The molecule has 0 bridgehead atoms. The minimum Gasteiger partial charge on any atom is -0.338 e. The van der Waals surface area contributed by atoms with Crippen molar-refractivity contribution in [3.8, 4) is 0 Å².